The van der Waals surface area contributed by atoms with Crippen LogP contribution in [0.15, 0.2) is 42.7 Å². The number of hydrogen-bond donors (Lipinski definition) is 3. The van der Waals surface area contributed by atoms with Crippen LogP contribution in [0.4, 0.5) is 5.69 Å². The lowest BCUT2D eigenvalue weighted by molar-refractivity contribution is 0.0940. The molecule has 25 heavy (non-hydrogen) atoms. The summed E-state index contributed by atoms with van der Waals surface area (Å²) in [5, 5.41) is 5.66. The summed E-state index contributed by atoms with van der Waals surface area (Å²) >= 11 is 0. The lowest BCUT2D eigenvalue weighted by atomic mass is 10.1. The van der Waals surface area contributed by atoms with Crippen LogP contribution in [-0.4, -0.2) is 32.8 Å². The highest BCUT2D eigenvalue weighted by molar-refractivity contribution is 6.08. The van der Waals surface area contributed by atoms with Crippen molar-refractivity contribution in [1.82, 2.24) is 20.3 Å². The quantitative estimate of drug-likeness (QED) is 0.666. The van der Waals surface area contributed by atoms with E-state index in [1.807, 2.05) is 13.8 Å². The maximum atomic E-state index is 12.5. The Bertz CT molecular complexity index is 918. The third-order valence-electron chi connectivity index (χ3n) is 3.92. The van der Waals surface area contributed by atoms with E-state index in [0.29, 0.717) is 16.9 Å². The third kappa shape index (κ3) is 3.65. The molecule has 0 fully saturated rings. The molecule has 0 radical (unpaired) electrons. The molecule has 0 aliphatic heterocycles. The van der Waals surface area contributed by atoms with Gasteiger partial charge in [0.2, 0.25) is 0 Å². The summed E-state index contributed by atoms with van der Waals surface area (Å²) in [7, 11) is 0. The predicted molar refractivity (Wildman–Crippen MR) is 95.5 cm³/mol. The second kappa shape index (κ2) is 7.12. The first kappa shape index (κ1) is 16.6. The minimum Gasteiger partial charge on any atom is -0.350 e. The molecule has 7 heteroatoms. The molecule has 0 saturated heterocycles. The molecule has 0 saturated carbocycles. The summed E-state index contributed by atoms with van der Waals surface area (Å²) in [6.45, 7) is 3.93. The number of nitrogens with zero attached hydrogens (tertiary/aromatic N) is 2. The molecule has 0 bridgehead atoms. The van der Waals surface area contributed by atoms with E-state index in [0.717, 1.165) is 11.9 Å². The number of aromatic amines is 1. The zero-order valence-electron chi connectivity index (χ0n) is 14.0. The highest BCUT2D eigenvalue weighted by Crippen LogP contribution is 2.17. The van der Waals surface area contributed by atoms with Crippen LogP contribution in [0.1, 0.15) is 41.1 Å². The number of aromatic nitrogens is 3. The van der Waals surface area contributed by atoms with Crippen LogP contribution in [-0.2, 0) is 0 Å². The molecule has 3 N–H and O–H groups in total. The maximum Gasteiger partial charge on any atom is 0.274 e. The van der Waals surface area contributed by atoms with Gasteiger partial charge in [0.25, 0.3) is 11.8 Å². The minimum atomic E-state index is -0.395. The summed E-state index contributed by atoms with van der Waals surface area (Å²) in [4.78, 5) is 36.1. The number of imidazole rings is 1. The first-order chi connectivity index (χ1) is 12.1. The summed E-state index contributed by atoms with van der Waals surface area (Å²) < 4.78 is 0. The molecule has 1 atom stereocenters. The smallest absolute Gasteiger partial charge is 0.274 e. The van der Waals surface area contributed by atoms with Gasteiger partial charge in [-0.25, -0.2) is 9.97 Å². The Morgan fingerprint density at radius 3 is 2.76 bits per heavy atom. The van der Waals surface area contributed by atoms with Crippen molar-refractivity contribution in [1.29, 1.82) is 0 Å². The molecule has 0 spiro atoms. The Morgan fingerprint density at radius 1 is 1.16 bits per heavy atom. The first-order valence-corrected chi connectivity index (χ1v) is 8.10. The van der Waals surface area contributed by atoms with Crippen molar-refractivity contribution in [2.75, 3.05) is 5.32 Å². The van der Waals surface area contributed by atoms with Crippen molar-refractivity contribution in [2.45, 2.75) is 26.3 Å². The number of rotatable bonds is 5. The highest BCUT2D eigenvalue weighted by Gasteiger charge is 2.16. The fourth-order valence-corrected chi connectivity index (χ4v) is 2.33. The third-order valence-corrected chi connectivity index (χ3v) is 3.92. The molecule has 128 valence electrons. The molecule has 2 amide bonds. The van der Waals surface area contributed by atoms with E-state index in [4.69, 9.17) is 0 Å². The topological polar surface area (TPSA) is 99.8 Å². The van der Waals surface area contributed by atoms with Crippen LogP contribution in [0.2, 0.25) is 0 Å². The van der Waals surface area contributed by atoms with Gasteiger partial charge in [0, 0.05) is 6.04 Å². The van der Waals surface area contributed by atoms with Crippen LogP contribution in [0.25, 0.3) is 11.2 Å². The summed E-state index contributed by atoms with van der Waals surface area (Å²) in [6.07, 6.45) is 2.35. The normalized spacial score (nSPS) is 11.9. The zero-order valence-corrected chi connectivity index (χ0v) is 14.0. The molecule has 2 heterocycles. The highest BCUT2D eigenvalue weighted by atomic mass is 16.2. The summed E-state index contributed by atoms with van der Waals surface area (Å²) in [5.41, 5.74) is 2.31. The number of anilines is 1. The monoisotopic (exact) mass is 337 g/mol. The number of carbonyl (C=O) groups is 2. The van der Waals surface area contributed by atoms with E-state index >= 15 is 0 Å². The summed E-state index contributed by atoms with van der Waals surface area (Å²) in [5.74, 6) is -0.616. The molecule has 2 aromatic heterocycles. The molecule has 7 nitrogen and oxygen atoms in total. The van der Waals surface area contributed by atoms with Gasteiger partial charge in [-0.15, -0.1) is 0 Å². The minimum absolute atomic E-state index is 0.0556. The van der Waals surface area contributed by atoms with Gasteiger partial charge >= 0.3 is 0 Å². The Balaban J connectivity index is 1.82. The predicted octanol–water partition coefficient (Wildman–Crippen LogP) is 2.74. The van der Waals surface area contributed by atoms with Gasteiger partial charge in [-0.2, -0.15) is 0 Å². The van der Waals surface area contributed by atoms with Crippen molar-refractivity contribution in [3.63, 3.8) is 0 Å². The maximum absolute atomic E-state index is 12.5. The van der Waals surface area contributed by atoms with Crippen LogP contribution in [0.3, 0.4) is 0 Å². The Labute approximate surface area is 144 Å². The number of H-pyrrole nitrogens is 1. The van der Waals surface area contributed by atoms with E-state index in [1.165, 1.54) is 6.33 Å². The molecule has 0 aliphatic rings. The number of para-hydroxylation sites is 1. The van der Waals surface area contributed by atoms with Crippen molar-refractivity contribution in [3.8, 4) is 0 Å². The van der Waals surface area contributed by atoms with Crippen LogP contribution in [0.5, 0.6) is 0 Å². The average Bonchev–Trinajstić information content (AvgIpc) is 3.09. The van der Waals surface area contributed by atoms with Gasteiger partial charge in [-0.1, -0.05) is 19.1 Å². The number of amides is 2. The van der Waals surface area contributed by atoms with E-state index < -0.39 is 5.91 Å². The van der Waals surface area contributed by atoms with Crippen molar-refractivity contribution in [2.24, 2.45) is 0 Å². The van der Waals surface area contributed by atoms with E-state index in [2.05, 4.69) is 25.6 Å². The number of nitrogens with one attached hydrogen (secondary N) is 3. The Hall–Kier alpha value is -3.22. The number of carbonyl (C=O) groups excluding carboxylic acids is 2. The number of fused-ring (bicyclic) bond motifs is 1. The molecular weight excluding hydrogens is 318 g/mol. The molecule has 0 aliphatic carbocycles. The van der Waals surface area contributed by atoms with Gasteiger partial charge < -0.3 is 15.6 Å². The molecule has 3 rings (SSSR count). The van der Waals surface area contributed by atoms with Gasteiger partial charge in [-0.3, -0.25) is 9.59 Å². The van der Waals surface area contributed by atoms with Gasteiger partial charge in [-0.05, 0) is 37.6 Å². The average molecular weight is 337 g/mol. The van der Waals surface area contributed by atoms with Gasteiger partial charge in [0.05, 0.1) is 23.1 Å². The Kier molecular flexibility index (Phi) is 4.74. The summed E-state index contributed by atoms with van der Waals surface area (Å²) in [6, 6.07) is 10.3. The van der Waals surface area contributed by atoms with Crippen LogP contribution < -0.4 is 10.6 Å². The van der Waals surface area contributed by atoms with Crippen molar-refractivity contribution < 1.29 is 9.59 Å². The van der Waals surface area contributed by atoms with Crippen molar-refractivity contribution in [3.05, 3.63) is 54.0 Å². The van der Waals surface area contributed by atoms with E-state index in [9.17, 15) is 9.59 Å². The number of pyridine rings is 1. The Morgan fingerprint density at radius 2 is 1.96 bits per heavy atom. The first-order valence-electron chi connectivity index (χ1n) is 8.10. The van der Waals surface area contributed by atoms with E-state index in [-0.39, 0.29) is 17.6 Å². The zero-order chi connectivity index (χ0) is 17.8. The second-order valence-electron chi connectivity index (χ2n) is 5.75. The molecule has 0 unspecified atom stereocenters. The fourth-order valence-electron chi connectivity index (χ4n) is 2.33. The van der Waals surface area contributed by atoms with Crippen LogP contribution >= 0.6 is 0 Å². The van der Waals surface area contributed by atoms with Gasteiger partial charge in [0.1, 0.15) is 5.69 Å². The molecule has 1 aromatic carbocycles. The standard InChI is InChI=1S/C18H19N5O2/c1-3-11(2)21-17(24)12-6-4-5-7-13(12)23-18(25)15-9-8-14-16(22-15)20-10-19-14/h4-11H,3H2,1-2H3,(H,21,24)(H,23,25)(H,19,20,22)/t11-/m0/s1. The lowest BCUT2D eigenvalue weighted by Gasteiger charge is -2.14. The largest absolute Gasteiger partial charge is 0.350 e. The van der Waals surface area contributed by atoms with Crippen molar-refractivity contribution >= 4 is 28.7 Å². The van der Waals surface area contributed by atoms with Crippen LogP contribution in [0, 0.1) is 0 Å². The lowest BCUT2D eigenvalue weighted by Crippen LogP contribution is -2.32. The fraction of sp³-hybridized carbons (Fsp3) is 0.222. The number of benzene rings is 1. The molecular formula is C18H19N5O2. The van der Waals surface area contributed by atoms with E-state index in [1.54, 1.807) is 36.4 Å². The second-order valence-corrected chi connectivity index (χ2v) is 5.75. The molecule has 3 aromatic rings. The van der Waals surface area contributed by atoms with Gasteiger partial charge in [0.15, 0.2) is 5.65 Å². The number of hydrogen-bond acceptors (Lipinski definition) is 4. The SMILES string of the molecule is CC[C@H](C)NC(=O)c1ccccc1NC(=O)c1ccc2[nH]cnc2n1.